The Balaban J connectivity index is 1.34. The Bertz CT molecular complexity index is 858. The van der Waals surface area contributed by atoms with Crippen LogP contribution in [0.15, 0.2) is 24.5 Å². The molecule has 0 radical (unpaired) electrons. The molecule has 8 heteroatoms. The van der Waals surface area contributed by atoms with Gasteiger partial charge in [-0.25, -0.2) is 19.7 Å². The summed E-state index contributed by atoms with van der Waals surface area (Å²) >= 11 is 0. The number of aliphatic carboxylic acids is 1. The van der Waals surface area contributed by atoms with E-state index in [2.05, 4.69) is 32.7 Å². The molecule has 0 spiro atoms. The number of aryl methyl sites for hydroxylation is 2. The van der Waals surface area contributed by atoms with Gasteiger partial charge in [-0.1, -0.05) is 31.7 Å². The molecule has 1 aliphatic heterocycles. The minimum absolute atomic E-state index is 0.540. The van der Waals surface area contributed by atoms with Crippen LogP contribution in [-0.2, 0) is 17.6 Å². The van der Waals surface area contributed by atoms with Crippen LogP contribution in [0.4, 0.5) is 17.5 Å². The molecule has 3 N–H and O–H groups in total. The molecule has 0 saturated heterocycles. The number of rotatable bonds is 12. The van der Waals surface area contributed by atoms with Crippen molar-refractivity contribution in [3.8, 4) is 0 Å². The molecule has 3 rings (SSSR count). The van der Waals surface area contributed by atoms with Crippen LogP contribution in [0.25, 0.3) is 0 Å². The minimum atomic E-state index is -0.850. The van der Waals surface area contributed by atoms with Crippen LogP contribution in [0.3, 0.4) is 0 Å². The number of fused-ring (bicyclic) bond motifs is 1. The maximum Gasteiger partial charge on any atom is 0.326 e. The summed E-state index contributed by atoms with van der Waals surface area (Å²) in [6.07, 6.45) is 10.6. The zero-order valence-electron chi connectivity index (χ0n) is 18.6. The Morgan fingerprint density at radius 2 is 2.00 bits per heavy atom. The first-order valence-corrected chi connectivity index (χ1v) is 11.2. The first-order valence-electron chi connectivity index (χ1n) is 11.2. The third-order valence-corrected chi connectivity index (χ3v) is 5.61. The Kier molecular flexibility index (Phi) is 8.44. The highest BCUT2D eigenvalue weighted by molar-refractivity contribution is 5.77. The van der Waals surface area contributed by atoms with Gasteiger partial charge in [0.2, 0.25) is 0 Å². The maximum atomic E-state index is 11.6. The molecule has 1 unspecified atom stereocenters. The second-order valence-electron chi connectivity index (χ2n) is 8.34. The van der Waals surface area contributed by atoms with Crippen LogP contribution < -0.4 is 15.5 Å². The molecule has 31 heavy (non-hydrogen) atoms. The fourth-order valence-electron chi connectivity index (χ4n) is 3.80. The lowest BCUT2D eigenvalue weighted by Crippen LogP contribution is -2.29. The fraction of sp³-hybridized carbons (Fsp3) is 0.565. The third kappa shape index (κ3) is 7.08. The average Bonchev–Trinajstić information content (AvgIpc) is 2.77. The van der Waals surface area contributed by atoms with Crippen molar-refractivity contribution >= 4 is 23.4 Å². The van der Waals surface area contributed by atoms with Crippen molar-refractivity contribution in [1.82, 2.24) is 15.0 Å². The molecule has 168 valence electrons. The first kappa shape index (κ1) is 22.8. The number of nitrogens with zero attached hydrogens (tertiary/aromatic N) is 4. The summed E-state index contributed by atoms with van der Waals surface area (Å²) in [4.78, 5) is 26.5. The Hall–Kier alpha value is -2.90. The van der Waals surface area contributed by atoms with E-state index in [-0.39, 0.29) is 0 Å². The molecule has 0 saturated carbocycles. The SMILES string of the molecule is CN(C)c1cc(NC(CCCCCCCc2ccc3c(n2)NCCC3)C(=O)O)ncn1. The summed E-state index contributed by atoms with van der Waals surface area (Å²) in [6, 6.07) is 5.49. The maximum absolute atomic E-state index is 11.6. The van der Waals surface area contributed by atoms with Crippen LogP contribution in [-0.4, -0.2) is 52.7 Å². The van der Waals surface area contributed by atoms with Gasteiger partial charge in [0.1, 0.15) is 29.8 Å². The van der Waals surface area contributed by atoms with E-state index >= 15 is 0 Å². The highest BCUT2D eigenvalue weighted by atomic mass is 16.4. The highest BCUT2D eigenvalue weighted by Crippen LogP contribution is 2.21. The molecule has 2 aromatic heterocycles. The van der Waals surface area contributed by atoms with Crippen molar-refractivity contribution in [2.75, 3.05) is 36.2 Å². The Morgan fingerprint density at radius 1 is 1.19 bits per heavy atom. The highest BCUT2D eigenvalue weighted by Gasteiger charge is 2.17. The molecular weight excluding hydrogens is 392 g/mol. The van der Waals surface area contributed by atoms with Gasteiger partial charge in [0.25, 0.3) is 0 Å². The molecule has 3 heterocycles. The van der Waals surface area contributed by atoms with E-state index in [1.54, 1.807) is 6.07 Å². The van der Waals surface area contributed by atoms with Gasteiger partial charge in [-0.2, -0.15) is 0 Å². The van der Waals surface area contributed by atoms with Crippen molar-refractivity contribution in [3.05, 3.63) is 35.8 Å². The molecule has 0 fully saturated rings. The van der Waals surface area contributed by atoms with Gasteiger partial charge in [0.15, 0.2) is 0 Å². The van der Waals surface area contributed by atoms with Crippen LogP contribution >= 0.6 is 0 Å². The van der Waals surface area contributed by atoms with E-state index in [1.807, 2.05) is 19.0 Å². The van der Waals surface area contributed by atoms with E-state index in [9.17, 15) is 9.90 Å². The quantitative estimate of drug-likeness (QED) is 0.441. The Morgan fingerprint density at radius 3 is 2.81 bits per heavy atom. The molecule has 2 aromatic rings. The van der Waals surface area contributed by atoms with E-state index in [4.69, 9.17) is 4.98 Å². The second-order valence-corrected chi connectivity index (χ2v) is 8.34. The molecule has 0 amide bonds. The van der Waals surface area contributed by atoms with Crippen molar-refractivity contribution in [3.63, 3.8) is 0 Å². The number of unbranched alkanes of at least 4 members (excludes halogenated alkanes) is 4. The molecule has 0 aromatic carbocycles. The number of anilines is 3. The summed E-state index contributed by atoms with van der Waals surface area (Å²) in [6.45, 7) is 1.02. The lowest BCUT2D eigenvalue weighted by Gasteiger charge is -2.17. The summed E-state index contributed by atoms with van der Waals surface area (Å²) in [7, 11) is 3.78. The van der Waals surface area contributed by atoms with E-state index in [1.165, 1.54) is 18.3 Å². The number of hydrogen-bond donors (Lipinski definition) is 3. The van der Waals surface area contributed by atoms with Crippen molar-refractivity contribution in [2.24, 2.45) is 0 Å². The number of carboxylic acid groups (broad SMARTS) is 1. The molecule has 1 aliphatic rings. The zero-order chi connectivity index (χ0) is 22.1. The fourth-order valence-corrected chi connectivity index (χ4v) is 3.80. The van der Waals surface area contributed by atoms with Crippen LogP contribution in [0.5, 0.6) is 0 Å². The minimum Gasteiger partial charge on any atom is -0.480 e. The Labute approximate surface area is 184 Å². The second kappa shape index (κ2) is 11.5. The smallest absolute Gasteiger partial charge is 0.326 e. The summed E-state index contributed by atoms with van der Waals surface area (Å²) in [5.74, 6) is 1.50. The molecule has 8 nitrogen and oxygen atoms in total. The normalized spacial score (nSPS) is 13.7. The largest absolute Gasteiger partial charge is 0.480 e. The molecule has 1 atom stereocenters. The predicted octanol–water partition coefficient (Wildman–Crippen LogP) is 3.74. The van der Waals surface area contributed by atoms with Gasteiger partial charge in [-0.3, -0.25) is 0 Å². The number of pyridine rings is 1. The number of carboxylic acids is 1. The zero-order valence-corrected chi connectivity index (χ0v) is 18.6. The van der Waals surface area contributed by atoms with E-state index in [0.29, 0.717) is 12.2 Å². The average molecular weight is 427 g/mol. The van der Waals surface area contributed by atoms with Gasteiger partial charge in [-0.15, -0.1) is 0 Å². The summed E-state index contributed by atoms with van der Waals surface area (Å²) in [5.41, 5.74) is 2.49. The van der Waals surface area contributed by atoms with Gasteiger partial charge in [0, 0.05) is 32.4 Å². The topological polar surface area (TPSA) is 103 Å². The number of hydrogen-bond acceptors (Lipinski definition) is 7. The molecular formula is C23H34N6O2. The monoisotopic (exact) mass is 426 g/mol. The van der Waals surface area contributed by atoms with Crippen molar-refractivity contribution in [1.29, 1.82) is 0 Å². The van der Waals surface area contributed by atoms with Crippen LogP contribution in [0, 0.1) is 0 Å². The number of aromatic nitrogens is 3. The van der Waals surface area contributed by atoms with Gasteiger partial charge < -0.3 is 20.6 Å². The number of nitrogens with one attached hydrogen (secondary N) is 2. The first-order chi connectivity index (χ1) is 15.0. The standard InChI is InChI=1S/C23H34N6O2/c1-29(2)21-15-20(25-16-26-21)28-19(23(30)31)11-7-5-3-4-6-10-18-13-12-17-9-8-14-24-22(17)27-18/h12-13,15-16,19H,3-11,14H2,1-2H3,(H,24,27)(H,30,31)(H,25,26,28). The number of carbonyl (C=O) groups is 1. The van der Waals surface area contributed by atoms with Gasteiger partial charge in [-0.05, 0) is 43.7 Å². The van der Waals surface area contributed by atoms with Crippen molar-refractivity contribution < 1.29 is 9.90 Å². The van der Waals surface area contributed by atoms with Gasteiger partial charge in [0.05, 0.1) is 0 Å². The summed E-state index contributed by atoms with van der Waals surface area (Å²) in [5, 5.41) is 16.0. The molecule has 0 bridgehead atoms. The lowest BCUT2D eigenvalue weighted by atomic mass is 10.0. The third-order valence-electron chi connectivity index (χ3n) is 5.61. The summed E-state index contributed by atoms with van der Waals surface area (Å²) < 4.78 is 0. The van der Waals surface area contributed by atoms with Crippen LogP contribution in [0.1, 0.15) is 56.2 Å². The van der Waals surface area contributed by atoms with Crippen molar-refractivity contribution in [2.45, 2.75) is 63.8 Å². The van der Waals surface area contributed by atoms with Crippen LogP contribution in [0.2, 0.25) is 0 Å². The van der Waals surface area contributed by atoms with Gasteiger partial charge >= 0.3 is 5.97 Å². The van der Waals surface area contributed by atoms with E-state index < -0.39 is 12.0 Å². The van der Waals surface area contributed by atoms with E-state index in [0.717, 1.165) is 68.8 Å². The predicted molar refractivity (Wildman–Crippen MR) is 124 cm³/mol. The lowest BCUT2D eigenvalue weighted by molar-refractivity contribution is -0.138. The molecule has 0 aliphatic carbocycles.